The molecule has 0 unspecified atom stereocenters. The Bertz CT molecular complexity index is 1200. The fourth-order valence-corrected chi connectivity index (χ4v) is 3.48. The first-order valence-electron chi connectivity index (χ1n) is 9.37. The monoisotopic (exact) mass is 423 g/mol. The van der Waals surface area contributed by atoms with E-state index in [0.717, 1.165) is 11.4 Å². The molecule has 30 heavy (non-hydrogen) atoms. The third-order valence-electron chi connectivity index (χ3n) is 4.64. The Morgan fingerprint density at radius 1 is 1.20 bits per heavy atom. The summed E-state index contributed by atoms with van der Waals surface area (Å²) in [5.41, 5.74) is 2.63. The molecule has 0 saturated heterocycles. The van der Waals surface area contributed by atoms with Crippen molar-refractivity contribution >= 4 is 23.2 Å². The number of aromatic nitrogens is 4. The molecule has 1 N–H and O–H groups in total. The lowest BCUT2D eigenvalue weighted by Gasteiger charge is -2.13. The van der Waals surface area contributed by atoms with E-state index in [-0.39, 0.29) is 11.8 Å². The van der Waals surface area contributed by atoms with Crippen molar-refractivity contribution in [3.05, 3.63) is 89.5 Å². The second-order valence-corrected chi connectivity index (χ2v) is 7.52. The number of carbonyl (C=O) groups excluding carboxylic acids is 1. The smallest absolute Gasteiger partial charge is 0.259 e. The van der Waals surface area contributed by atoms with Gasteiger partial charge in [-0.3, -0.25) is 4.79 Å². The summed E-state index contributed by atoms with van der Waals surface area (Å²) in [5.74, 6) is -0.807. The average molecular weight is 424 g/mol. The van der Waals surface area contributed by atoms with Crippen molar-refractivity contribution in [2.45, 2.75) is 19.8 Å². The first kappa shape index (κ1) is 19.8. The number of anilines is 1. The number of amides is 1. The van der Waals surface area contributed by atoms with Crippen LogP contribution in [0.25, 0.3) is 11.4 Å². The number of benzene rings is 2. The zero-order chi connectivity index (χ0) is 21.3. The summed E-state index contributed by atoms with van der Waals surface area (Å²) < 4.78 is 17.8. The summed E-state index contributed by atoms with van der Waals surface area (Å²) >= 11 is 6.11. The summed E-state index contributed by atoms with van der Waals surface area (Å²) in [7, 11) is 0. The van der Waals surface area contributed by atoms with Crippen LogP contribution in [0.5, 0.6) is 0 Å². The fourth-order valence-electron chi connectivity index (χ4n) is 3.30. The lowest BCUT2D eigenvalue weighted by Crippen LogP contribution is -2.15. The molecule has 6 nitrogen and oxygen atoms in total. The van der Waals surface area contributed by atoms with E-state index in [2.05, 4.69) is 15.4 Å². The normalized spacial score (nSPS) is 11.1. The van der Waals surface area contributed by atoms with Gasteiger partial charge >= 0.3 is 0 Å². The Labute approximate surface area is 177 Å². The quantitative estimate of drug-likeness (QED) is 0.478. The third kappa shape index (κ3) is 3.84. The van der Waals surface area contributed by atoms with E-state index < -0.39 is 5.82 Å². The van der Waals surface area contributed by atoms with Crippen LogP contribution in [0.1, 0.15) is 35.8 Å². The lowest BCUT2D eigenvalue weighted by atomic mass is 10.0. The van der Waals surface area contributed by atoms with Crippen LogP contribution in [0.15, 0.2) is 67.4 Å². The van der Waals surface area contributed by atoms with E-state index >= 15 is 0 Å². The number of nitrogens with one attached hydrogen (secondary N) is 1. The molecule has 0 spiro atoms. The summed E-state index contributed by atoms with van der Waals surface area (Å²) in [5, 5.41) is 7.73. The predicted molar refractivity (Wildman–Crippen MR) is 114 cm³/mol. The van der Waals surface area contributed by atoms with Crippen molar-refractivity contribution in [3.63, 3.8) is 0 Å². The van der Waals surface area contributed by atoms with E-state index in [0.29, 0.717) is 22.0 Å². The predicted octanol–water partition coefficient (Wildman–Crippen LogP) is 5.23. The first-order valence-corrected chi connectivity index (χ1v) is 9.75. The minimum Gasteiger partial charge on any atom is -0.322 e. The number of halogens is 2. The molecule has 0 saturated carbocycles. The van der Waals surface area contributed by atoms with Crippen molar-refractivity contribution in [1.29, 1.82) is 0 Å². The number of rotatable bonds is 5. The Morgan fingerprint density at radius 3 is 2.70 bits per heavy atom. The molecular weight excluding hydrogens is 405 g/mol. The van der Waals surface area contributed by atoms with Crippen LogP contribution in [-0.2, 0) is 0 Å². The zero-order valence-electron chi connectivity index (χ0n) is 16.4. The molecule has 0 aliphatic rings. The molecule has 0 fully saturated rings. The van der Waals surface area contributed by atoms with Gasteiger partial charge in [0, 0.05) is 23.1 Å². The van der Waals surface area contributed by atoms with Crippen LogP contribution in [-0.4, -0.2) is 25.2 Å². The first-order chi connectivity index (χ1) is 14.4. The Kier molecular flexibility index (Phi) is 5.37. The number of imidazole rings is 1. The van der Waals surface area contributed by atoms with Crippen molar-refractivity contribution in [2.75, 3.05) is 5.32 Å². The van der Waals surface area contributed by atoms with Crippen LogP contribution in [0, 0.1) is 5.82 Å². The van der Waals surface area contributed by atoms with Crippen molar-refractivity contribution in [3.8, 4) is 11.4 Å². The van der Waals surface area contributed by atoms with Crippen LogP contribution >= 0.6 is 11.6 Å². The number of carbonyl (C=O) groups is 1. The van der Waals surface area contributed by atoms with Gasteiger partial charge in [-0.25, -0.2) is 14.1 Å². The Morgan fingerprint density at radius 2 is 2.03 bits per heavy atom. The van der Waals surface area contributed by atoms with Gasteiger partial charge in [0.15, 0.2) is 0 Å². The van der Waals surface area contributed by atoms with E-state index in [4.69, 9.17) is 11.6 Å². The minimum atomic E-state index is -0.468. The maximum absolute atomic E-state index is 14.5. The minimum absolute atomic E-state index is 0.0209. The topological polar surface area (TPSA) is 64.7 Å². The van der Waals surface area contributed by atoms with Gasteiger partial charge in [-0.15, -0.1) is 0 Å². The second kappa shape index (κ2) is 8.12. The highest BCUT2D eigenvalue weighted by molar-refractivity contribution is 6.30. The van der Waals surface area contributed by atoms with Gasteiger partial charge in [-0.1, -0.05) is 31.5 Å². The van der Waals surface area contributed by atoms with Gasteiger partial charge in [0.05, 0.1) is 35.2 Å². The molecule has 0 bridgehead atoms. The Hall–Kier alpha value is -3.45. The van der Waals surface area contributed by atoms with Crippen LogP contribution < -0.4 is 5.32 Å². The summed E-state index contributed by atoms with van der Waals surface area (Å²) in [6, 6.07) is 11.8. The average Bonchev–Trinajstić information content (AvgIpc) is 3.38. The van der Waals surface area contributed by atoms with Crippen molar-refractivity contribution in [2.24, 2.45) is 0 Å². The maximum atomic E-state index is 14.5. The van der Waals surface area contributed by atoms with Crippen LogP contribution in [0.3, 0.4) is 0 Å². The molecule has 4 rings (SSSR count). The molecule has 8 heteroatoms. The molecule has 0 radical (unpaired) electrons. The van der Waals surface area contributed by atoms with E-state index in [1.807, 2.05) is 26.0 Å². The number of nitrogens with zero attached hydrogens (tertiary/aromatic N) is 4. The molecule has 2 aromatic heterocycles. The van der Waals surface area contributed by atoms with E-state index in [1.54, 1.807) is 45.9 Å². The number of hydrogen-bond acceptors (Lipinski definition) is 3. The van der Waals surface area contributed by atoms with E-state index in [9.17, 15) is 9.18 Å². The SMILES string of the molecule is CC(C)c1c(C(=O)Nc2ccc(-n3ccnc3)c(F)c2)cnn1-c1cccc(Cl)c1. The molecule has 1 amide bonds. The lowest BCUT2D eigenvalue weighted by molar-refractivity contribution is 0.102. The molecule has 0 aliphatic carbocycles. The highest BCUT2D eigenvalue weighted by Crippen LogP contribution is 2.26. The summed E-state index contributed by atoms with van der Waals surface area (Å²) in [4.78, 5) is 16.9. The van der Waals surface area contributed by atoms with Gasteiger partial charge in [0.2, 0.25) is 0 Å². The molecule has 0 aliphatic heterocycles. The molecule has 2 aromatic carbocycles. The highest BCUT2D eigenvalue weighted by Gasteiger charge is 2.21. The zero-order valence-corrected chi connectivity index (χ0v) is 17.1. The summed E-state index contributed by atoms with van der Waals surface area (Å²) in [6.07, 6.45) is 6.24. The van der Waals surface area contributed by atoms with Gasteiger partial charge in [-0.2, -0.15) is 5.10 Å². The fraction of sp³-hybridized carbons (Fsp3) is 0.136. The largest absolute Gasteiger partial charge is 0.322 e. The number of hydrogen-bond donors (Lipinski definition) is 1. The second-order valence-electron chi connectivity index (χ2n) is 7.08. The molecule has 2 heterocycles. The third-order valence-corrected chi connectivity index (χ3v) is 4.87. The molecule has 4 aromatic rings. The van der Waals surface area contributed by atoms with Gasteiger partial charge < -0.3 is 9.88 Å². The maximum Gasteiger partial charge on any atom is 0.259 e. The molecule has 152 valence electrons. The highest BCUT2D eigenvalue weighted by atomic mass is 35.5. The Balaban J connectivity index is 1.63. The van der Waals surface area contributed by atoms with Gasteiger partial charge in [0.25, 0.3) is 5.91 Å². The van der Waals surface area contributed by atoms with Crippen LogP contribution in [0.2, 0.25) is 5.02 Å². The van der Waals surface area contributed by atoms with Crippen molar-refractivity contribution < 1.29 is 9.18 Å². The molecule has 0 atom stereocenters. The van der Waals surface area contributed by atoms with Crippen LogP contribution in [0.4, 0.5) is 10.1 Å². The van der Waals surface area contributed by atoms with Gasteiger partial charge in [0.1, 0.15) is 5.82 Å². The summed E-state index contributed by atoms with van der Waals surface area (Å²) in [6.45, 7) is 3.96. The van der Waals surface area contributed by atoms with Crippen molar-refractivity contribution in [1.82, 2.24) is 19.3 Å². The molecular formula is C22H19ClFN5O. The van der Waals surface area contributed by atoms with E-state index in [1.165, 1.54) is 18.6 Å². The standard InChI is InChI=1S/C22H19ClFN5O/c1-14(2)21-18(12-26-29(21)17-5-3-4-15(23)10-17)22(30)27-16-6-7-20(19(24)11-16)28-9-8-25-13-28/h3-14H,1-2H3,(H,27,30). The van der Waals surface area contributed by atoms with Gasteiger partial charge in [-0.05, 0) is 42.3 Å².